The molecular weight excluding hydrogens is 206 g/mol. The fraction of sp³-hybridized carbons (Fsp3) is 0.833. The van der Waals surface area contributed by atoms with Gasteiger partial charge in [0.2, 0.25) is 5.91 Å². The van der Waals surface area contributed by atoms with Gasteiger partial charge in [-0.05, 0) is 27.2 Å². The average molecular weight is 229 g/mol. The van der Waals surface area contributed by atoms with Crippen LogP contribution < -0.4 is 0 Å². The maximum Gasteiger partial charge on any atom is 0.323 e. The molecule has 4 nitrogen and oxygen atoms in total. The Morgan fingerprint density at radius 3 is 2.12 bits per heavy atom. The first-order chi connectivity index (χ1) is 7.29. The molecule has 0 heterocycles. The highest BCUT2D eigenvalue weighted by Crippen LogP contribution is 2.15. The van der Waals surface area contributed by atoms with Crippen LogP contribution in [0.5, 0.6) is 0 Å². The summed E-state index contributed by atoms with van der Waals surface area (Å²) >= 11 is 0. The second-order valence-corrected chi connectivity index (χ2v) is 5.00. The standard InChI is InChI=1S/C12H23NO3/c1-5-6-7-8-10(14)13(9-11(15)16)12(2,3)4/h5-9H2,1-4H3,(H,15,16). The van der Waals surface area contributed by atoms with E-state index in [0.29, 0.717) is 6.42 Å². The average Bonchev–Trinajstić information content (AvgIpc) is 2.12. The van der Waals surface area contributed by atoms with Gasteiger partial charge >= 0.3 is 5.97 Å². The number of carboxylic acid groups (broad SMARTS) is 1. The zero-order valence-corrected chi connectivity index (χ0v) is 10.7. The molecule has 0 atom stereocenters. The van der Waals surface area contributed by atoms with Gasteiger partial charge in [0.15, 0.2) is 0 Å². The molecule has 16 heavy (non-hydrogen) atoms. The highest BCUT2D eigenvalue weighted by molar-refractivity contribution is 5.82. The summed E-state index contributed by atoms with van der Waals surface area (Å²) < 4.78 is 0. The van der Waals surface area contributed by atoms with Gasteiger partial charge in [0.25, 0.3) is 0 Å². The molecule has 0 aliphatic rings. The van der Waals surface area contributed by atoms with E-state index in [0.717, 1.165) is 19.3 Å². The summed E-state index contributed by atoms with van der Waals surface area (Å²) in [7, 11) is 0. The number of hydrogen-bond donors (Lipinski definition) is 1. The zero-order chi connectivity index (χ0) is 12.8. The first-order valence-corrected chi connectivity index (χ1v) is 5.81. The smallest absolute Gasteiger partial charge is 0.323 e. The predicted octanol–water partition coefficient (Wildman–Crippen LogP) is 2.28. The van der Waals surface area contributed by atoms with E-state index in [1.54, 1.807) is 0 Å². The summed E-state index contributed by atoms with van der Waals surface area (Å²) in [5, 5.41) is 8.77. The fourth-order valence-corrected chi connectivity index (χ4v) is 1.50. The number of carbonyl (C=O) groups excluding carboxylic acids is 1. The third kappa shape index (κ3) is 5.73. The number of unbranched alkanes of at least 4 members (excludes halogenated alkanes) is 2. The topological polar surface area (TPSA) is 57.6 Å². The van der Waals surface area contributed by atoms with Crippen LogP contribution in [0.2, 0.25) is 0 Å². The lowest BCUT2D eigenvalue weighted by atomic mass is 10.0. The van der Waals surface area contributed by atoms with Crippen LogP contribution in [0.15, 0.2) is 0 Å². The molecule has 0 bridgehead atoms. The van der Waals surface area contributed by atoms with E-state index in [4.69, 9.17) is 5.11 Å². The third-order valence-electron chi connectivity index (χ3n) is 2.40. The molecular formula is C12H23NO3. The number of aliphatic carboxylic acids is 1. The van der Waals surface area contributed by atoms with Crippen LogP contribution in [0, 0.1) is 0 Å². The van der Waals surface area contributed by atoms with Crippen molar-refractivity contribution in [3.8, 4) is 0 Å². The number of carbonyl (C=O) groups is 2. The first-order valence-electron chi connectivity index (χ1n) is 5.81. The van der Waals surface area contributed by atoms with Crippen molar-refractivity contribution in [2.75, 3.05) is 6.54 Å². The second-order valence-electron chi connectivity index (χ2n) is 5.00. The zero-order valence-electron chi connectivity index (χ0n) is 10.7. The van der Waals surface area contributed by atoms with Crippen molar-refractivity contribution in [2.45, 2.75) is 58.9 Å². The summed E-state index contributed by atoms with van der Waals surface area (Å²) in [6.07, 6.45) is 3.35. The molecule has 0 spiro atoms. The largest absolute Gasteiger partial charge is 0.480 e. The SMILES string of the molecule is CCCCCC(=O)N(CC(=O)O)C(C)(C)C. The van der Waals surface area contributed by atoms with E-state index in [-0.39, 0.29) is 12.5 Å². The summed E-state index contributed by atoms with van der Waals surface area (Å²) in [4.78, 5) is 24.0. The number of hydrogen-bond acceptors (Lipinski definition) is 2. The Labute approximate surface area is 97.6 Å². The van der Waals surface area contributed by atoms with Crippen LogP contribution in [0.25, 0.3) is 0 Å². The monoisotopic (exact) mass is 229 g/mol. The lowest BCUT2D eigenvalue weighted by molar-refractivity contribution is -0.148. The fourth-order valence-electron chi connectivity index (χ4n) is 1.50. The number of nitrogens with zero attached hydrogens (tertiary/aromatic N) is 1. The Balaban J connectivity index is 4.39. The molecule has 0 aromatic rings. The number of carboxylic acids is 1. The van der Waals surface area contributed by atoms with Gasteiger partial charge in [-0.2, -0.15) is 0 Å². The van der Waals surface area contributed by atoms with Crippen LogP contribution in [0.4, 0.5) is 0 Å². The van der Waals surface area contributed by atoms with Gasteiger partial charge in [-0.25, -0.2) is 0 Å². The van der Waals surface area contributed by atoms with Gasteiger partial charge in [0, 0.05) is 12.0 Å². The molecule has 1 N–H and O–H groups in total. The van der Waals surface area contributed by atoms with Gasteiger partial charge in [0.1, 0.15) is 6.54 Å². The molecule has 0 rings (SSSR count). The normalized spacial score (nSPS) is 11.2. The summed E-state index contributed by atoms with van der Waals surface area (Å²) in [6, 6.07) is 0. The summed E-state index contributed by atoms with van der Waals surface area (Å²) in [5.41, 5.74) is -0.429. The minimum Gasteiger partial charge on any atom is -0.480 e. The first kappa shape index (κ1) is 14.9. The van der Waals surface area contributed by atoms with E-state index in [2.05, 4.69) is 6.92 Å². The molecule has 0 aliphatic heterocycles. The van der Waals surface area contributed by atoms with Crippen molar-refractivity contribution in [3.63, 3.8) is 0 Å². The van der Waals surface area contributed by atoms with Crippen LogP contribution in [-0.2, 0) is 9.59 Å². The van der Waals surface area contributed by atoms with Gasteiger partial charge < -0.3 is 10.0 Å². The van der Waals surface area contributed by atoms with Crippen LogP contribution >= 0.6 is 0 Å². The molecule has 0 aromatic carbocycles. The maximum absolute atomic E-state index is 11.9. The maximum atomic E-state index is 11.9. The molecule has 0 unspecified atom stereocenters. The Kier molecular flexibility index (Phi) is 6.08. The molecule has 94 valence electrons. The number of rotatable bonds is 6. The summed E-state index contributed by atoms with van der Waals surface area (Å²) in [6.45, 7) is 7.42. The predicted molar refractivity (Wildman–Crippen MR) is 63.2 cm³/mol. The van der Waals surface area contributed by atoms with Crippen molar-refractivity contribution in [1.29, 1.82) is 0 Å². The van der Waals surface area contributed by atoms with Gasteiger partial charge in [0.05, 0.1) is 0 Å². The van der Waals surface area contributed by atoms with Crippen molar-refractivity contribution in [1.82, 2.24) is 4.90 Å². The minimum absolute atomic E-state index is 0.0663. The minimum atomic E-state index is -0.959. The lowest BCUT2D eigenvalue weighted by Crippen LogP contribution is -2.48. The molecule has 0 saturated heterocycles. The Morgan fingerprint density at radius 1 is 1.19 bits per heavy atom. The van der Waals surface area contributed by atoms with Crippen LogP contribution in [0.1, 0.15) is 53.4 Å². The highest BCUT2D eigenvalue weighted by Gasteiger charge is 2.27. The highest BCUT2D eigenvalue weighted by atomic mass is 16.4. The molecule has 0 radical (unpaired) electrons. The van der Waals surface area contributed by atoms with Crippen LogP contribution in [0.3, 0.4) is 0 Å². The molecule has 0 saturated carbocycles. The Morgan fingerprint density at radius 2 is 1.75 bits per heavy atom. The second kappa shape index (κ2) is 6.51. The molecule has 0 fully saturated rings. The van der Waals surface area contributed by atoms with Crippen molar-refractivity contribution in [3.05, 3.63) is 0 Å². The van der Waals surface area contributed by atoms with Gasteiger partial charge in [-0.1, -0.05) is 19.8 Å². The van der Waals surface area contributed by atoms with Crippen molar-refractivity contribution >= 4 is 11.9 Å². The van der Waals surface area contributed by atoms with E-state index >= 15 is 0 Å². The lowest BCUT2D eigenvalue weighted by Gasteiger charge is -2.34. The van der Waals surface area contributed by atoms with Crippen molar-refractivity contribution < 1.29 is 14.7 Å². The molecule has 0 aliphatic carbocycles. The molecule has 0 aromatic heterocycles. The van der Waals surface area contributed by atoms with Gasteiger partial charge in [-0.15, -0.1) is 0 Å². The van der Waals surface area contributed by atoms with Gasteiger partial charge in [-0.3, -0.25) is 9.59 Å². The quantitative estimate of drug-likeness (QED) is 0.711. The Hall–Kier alpha value is -1.06. The van der Waals surface area contributed by atoms with Crippen molar-refractivity contribution in [2.24, 2.45) is 0 Å². The van der Waals surface area contributed by atoms with E-state index in [1.807, 2.05) is 20.8 Å². The molecule has 1 amide bonds. The summed E-state index contributed by atoms with van der Waals surface area (Å²) in [5.74, 6) is -1.03. The molecule has 4 heteroatoms. The van der Waals surface area contributed by atoms with E-state index in [1.165, 1.54) is 4.90 Å². The van der Waals surface area contributed by atoms with E-state index in [9.17, 15) is 9.59 Å². The number of amides is 1. The van der Waals surface area contributed by atoms with E-state index < -0.39 is 11.5 Å². The Bertz CT molecular complexity index is 243. The third-order valence-corrected chi connectivity index (χ3v) is 2.40. The van der Waals surface area contributed by atoms with Crippen LogP contribution in [-0.4, -0.2) is 34.0 Å².